The highest BCUT2D eigenvalue weighted by molar-refractivity contribution is 5.97. The Morgan fingerprint density at radius 1 is 1.25 bits per heavy atom. The average molecular weight is 331 g/mol. The number of carbonyl (C=O) groups is 2. The molecule has 1 unspecified atom stereocenters. The van der Waals surface area contributed by atoms with E-state index in [9.17, 15) is 19.2 Å². The lowest BCUT2D eigenvalue weighted by molar-refractivity contribution is -0.121. The molecule has 9 nitrogen and oxygen atoms in total. The minimum Gasteiger partial charge on any atom is -0.369 e. The van der Waals surface area contributed by atoms with Crippen molar-refractivity contribution in [3.63, 3.8) is 0 Å². The fraction of sp³-hybridized carbons (Fsp3) is 0.400. The molecule has 2 N–H and O–H groups in total. The summed E-state index contributed by atoms with van der Waals surface area (Å²) >= 11 is 0. The van der Waals surface area contributed by atoms with E-state index in [0.29, 0.717) is 13.0 Å². The first-order chi connectivity index (χ1) is 11.3. The van der Waals surface area contributed by atoms with E-state index in [2.05, 4.69) is 4.98 Å². The van der Waals surface area contributed by atoms with Gasteiger partial charge in [0.1, 0.15) is 5.65 Å². The molecule has 1 aliphatic rings. The van der Waals surface area contributed by atoms with E-state index in [1.807, 2.05) is 0 Å². The van der Waals surface area contributed by atoms with E-state index in [1.54, 1.807) is 0 Å². The van der Waals surface area contributed by atoms with Gasteiger partial charge < -0.3 is 10.6 Å². The number of nitrogens with zero attached hydrogens (tertiary/aromatic N) is 4. The normalized spacial score (nSPS) is 17.4. The minimum atomic E-state index is -0.508. The van der Waals surface area contributed by atoms with Gasteiger partial charge in [0, 0.05) is 33.4 Å². The van der Waals surface area contributed by atoms with Gasteiger partial charge in [-0.3, -0.25) is 23.5 Å². The van der Waals surface area contributed by atoms with E-state index in [4.69, 9.17) is 5.73 Å². The molecular formula is C15H17N5O4. The Bertz CT molecular complexity index is 974. The highest BCUT2D eigenvalue weighted by atomic mass is 16.2. The first kappa shape index (κ1) is 15.9. The molecule has 24 heavy (non-hydrogen) atoms. The molecular weight excluding hydrogens is 314 g/mol. The molecule has 2 aromatic rings. The summed E-state index contributed by atoms with van der Waals surface area (Å²) in [6.07, 6.45) is 1.86. The van der Waals surface area contributed by atoms with E-state index in [1.165, 1.54) is 35.8 Å². The quantitative estimate of drug-likeness (QED) is 0.724. The third kappa shape index (κ3) is 2.38. The molecule has 2 aromatic heterocycles. The molecule has 2 amide bonds. The zero-order valence-electron chi connectivity index (χ0n) is 13.4. The van der Waals surface area contributed by atoms with Crippen molar-refractivity contribution in [1.82, 2.24) is 19.0 Å². The Hall–Kier alpha value is -2.97. The number of nitrogens with two attached hydrogens (primary N) is 1. The zero-order valence-corrected chi connectivity index (χ0v) is 13.4. The van der Waals surface area contributed by atoms with Crippen LogP contribution in [0.25, 0.3) is 11.0 Å². The molecule has 1 saturated heterocycles. The molecule has 3 rings (SSSR count). The number of pyridine rings is 1. The van der Waals surface area contributed by atoms with Gasteiger partial charge in [-0.15, -0.1) is 0 Å². The highest BCUT2D eigenvalue weighted by Crippen LogP contribution is 2.19. The first-order valence-electron chi connectivity index (χ1n) is 7.45. The van der Waals surface area contributed by atoms with Crippen molar-refractivity contribution in [2.75, 3.05) is 13.1 Å². The number of carbonyl (C=O) groups excluding carboxylic acids is 2. The Kier molecular flexibility index (Phi) is 3.70. The highest BCUT2D eigenvalue weighted by Gasteiger charge is 2.30. The van der Waals surface area contributed by atoms with E-state index in [0.717, 1.165) is 4.57 Å². The SMILES string of the molecule is Cn1c(=O)c2cc(C(=O)N3CCC(C(N)=O)C3)cnc2n(C)c1=O. The number of rotatable bonds is 2. The molecule has 0 aromatic carbocycles. The minimum absolute atomic E-state index is 0.191. The molecule has 126 valence electrons. The molecule has 1 atom stereocenters. The van der Waals surface area contributed by atoms with Gasteiger partial charge in [-0.05, 0) is 12.5 Å². The first-order valence-corrected chi connectivity index (χ1v) is 7.45. The maximum absolute atomic E-state index is 12.6. The van der Waals surface area contributed by atoms with Crippen LogP contribution < -0.4 is 17.0 Å². The number of amides is 2. The van der Waals surface area contributed by atoms with Crippen LogP contribution in [0.3, 0.4) is 0 Å². The van der Waals surface area contributed by atoms with Crippen molar-refractivity contribution < 1.29 is 9.59 Å². The van der Waals surface area contributed by atoms with Crippen LogP contribution in [0, 0.1) is 5.92 Å². The van der Waals surface area contributed by atoms with Gasteiger partial charge in [0.25, 0.3) is 11.5 Å². The van der Waals surface area contributed by atoms with Gasteiger partial charge in [0.05, 0.1) is 16.9 Å². The number of likely N-dealkylation sites (tertiary alicyclic amines) is 1. The standard InChI is InChI=1S/C15H17N5O4/c1-18-12-10(14(23)19(2)15(18)24)5-9(6-17-12)13(22)20-4-3-8(7-20)11(16)21/h5-6,8H,3-4,7H2,1-2H3,(H2,16,21). The van der Waals surface area contributed by atoms with Crippen LogP contribution in [0.5, 0.6) is 0 Å². The number of fused-ring (bicyclic) bond motifs is 1. The predicted molar refractivity (Wildman–Crippen MR) is 85.4 cm³/mol. The number of hydrogen-bond acceptors (Lipinski definition) is 5. The smallest absolute Gasteiger partial charge is 0.332 e. The van der Waals surface area contributed by atoms with Crippen LogP contribution in [0.15, 0.2) is 21.9 Å². The van der Waals surface area contributed by atoms with Crippen molar-refractivity contribution in [1.29, 1.82) is 0 Å². The lowest BCUT2D eigenvalue weighted by Gasteiger charge is -2.16. The maximum Gasteiger partial charge on any atom is 0.332 e. The number of aryl methyl sites for hydroxylation is 1. The molecule has 3 heterocycles. The Balaban J connectivity index is 2.03. The number of aromatic nitrogens is 3. The second-order valence-electron chi connectivity index (χ2n) is 5.94. The van der Waals surface area contributed by atoms with E-state index < -0.39 is 17.2 Å². The average Bonchev–Trinajstić information content (AvgIpc) is 3.07. The summed E-state index contributed by atoms with van der Waals surface area (Å²) in [7, 11) is 2.88. The van der Waals surface area contributed by atoms with Gasteiger partial charge in [0.2, 0.25) is 5.91 Å². The van der Waals surface area contributed by atoms with Crippen LogP contribution in [0.1, 0.15) is 16.8 Å². The summed E-state index contributed by atoms with van der Waals surface area (Å²) < 4.78 is 2.22. The molecule has 0 aliphatic carbocycles. The molecule has 0 saturated carbocycles. The Morgan fingerprint density at radius 2 is 1.96 bits per heavy atom. The maximum atomic E-state index is 12.6. The molecule has 0 spiro atoms. The summed E-state index contributed by atoms with van der Waals surface area (Å²) in [6.45, 7) is 0.688. The van der Waals surface area contributed by atoms with Crippen molar-refractivity contribution in [2.24, 2.45) is 25.7 Å². The Labute approximate surface area is 136 Å². The van der Waals surface area contributed by atoms with Crippen LogP contribution in [0.2, 0.25) is 0 Å². The number of primary amides is 1. The van der Waals surface area contributed by atoms with Crippen molar-refractivity contribution in [3.05, 3.63) is 38.7 Å². The van der Waals surface area contributed by atoms with E-state index in [-0.39, 0.29) is 35.0 Å². The third-order valence-corrected chi connectivity index (χ3v) is 4.42. The van der Waals surface area contributed by atoms with Crippen molar-refractivity contribution >= 4 is 22.8 Å². The zero-order chi connectivity index (χ0) is 17.6. The largest absolute Gasteiger partial charge is 0.369 e. The second kappa shape index (κ2) is 5.59. The molecule has 0 bridgehead atoms. The predicted octanol–water partition coefficient (Wildman–Crippen LogP) is -1.42. The van der Waals surface area contributed by atoms with E-state index >= 15 is 0 Å². The third-order valence-electron chi connectivity index (χ3n) is 4.42. The second-order valence-corrected chi connectivity index (χ2v) is 5.94. The molecule has 9 heteroatoms. The summed E-state index contributed by atoms with van der Waals surface area (Å²) in [5, 5.41) is 0.191. The van der Waals surface area contributed by atoms with Gasteiger partial charge in [-0.2, -0.15) is 0 Å². The molecule has 1 fully saturated rings. The fourth-order valence-corrected chi connectivity index (χ4v) is 2.94. The fourth-order valence-electron chi connectivity index (χ4n) is 2.94. The number of hydrogen-bond donors (Lipinski definition) is 1. The summed E-state index contributed by atoms with van der Waals surface area (Å²) in [5.74, 6) is -1.09. The van der Waals surface area contributed by atoms with Crippen LogP contribution in [-0.2, 0) is 18.9 Å². The Morgan fingerprint density at radius 3 is 2.58 bits per heavy atom. The lowest BCUT2D eigenvalue weighted by atomic mass is 10.1. The van der Waals surface area contributed by atoms with Crippen LogP contribution >= 0.6 is 0 Å². The van der Waals surface area contributed by atoms with Gasteiger partial charge in [-0.25, -0.2) is 9.78 Å². The van der Waals surface area contributed by atoms with Crippen LogP contribution in [-0.4, -0.2) is 43.9 Å². The van der Waals surface area contributed by atoms with Gasteiger partial charge in [0.15, 0.2) is 0 Å². The monoisotopic (exact) mass is 331 g/mol. The van der Waals surface area contributed by atoms with Gasteiger partial charge in [-0.1, -0.05) is 0 Å². The lowest BCUT2D eigenvalue weighted by Crippen LogP contribution is -2.37. The summed E-state index contributed by atoms with van der Waals surface area (Å²) in [5.41, 5.74) is 4.74. The summed E-state index contributed by atoms with van der Waals surface area (Å²) in [4.78, 5) is 53.6. The van der Waals surface area contributed by atoms with Gasteiger partial charge >= 0.3 is 5.69 Å². The summed E-state index contributed by atoms with van der Waals surface area (Å²) in [6, 6.07) is 1.43. The van der Waals surface area contributed by atoms with Crippen LogP contribution in [0.4, 0.5) is 0 Å². The van der Waals surface area contributed by atoms with Crippen molar-refractivity contribution in [2.45, 2.75) is 6.42 Å². The molecule has 1 aliphatic heterocycles. The molecule has 0 radical (unpaired) electrons. The topological polar surface area (TPSA) is 120 Å². The van der Waals surface area contributed by atoms with Crippen molar-refractivity contribution in [3.8, 4) is 0 Å².